The van der Waals surface area contributed by atoms with Gasteiger partial charge in [-0.2, -0.15) is 0 Å². The second-order valence-corrected chi connectivity index (χ2v) is 4.89. The minimum atomic E-state index is -0.176. The molecule has 1 unspecified atom stereocenters. The normalized spacial score (nSPS) is 13.4. The molecule has 20 heavy (non-hydrogen) atoms. The number of carbonyl (C=O) groups is 1. The van der Waals surface area contributed by atoms with Crippen molar-refractivity contribution in [3.63, 3.8) is 0 Å². The van der Waals surface area contributed by atoms with Crippen LogP contribution in [0.15, 0.2) is 54.1 Å². The molecule has 1 aromatic carbocycles. The van der Waals surface area contributed by atoms with Gasteiger partial charge in [-0.1, -0.05) is 48.6 Å². The first kappa shape index (κ1) is 16.2. The van der Waals surface area contributed by atoms with Crippen molar-refractivity contribution in [3.8, 4) is 0 Å². The average Bonchev–Trinajstić information content (AvgIpc) is 2.44. The zero-order valence-electron chi connectivity index (χ0n) is 12.6. The smallest absolute Gasteiger partial charge is 0.310 e. The minimum Gasteiger partial charge on any atom is -0.458 e. The lowest BCUT2D eigenvalue weighted by Crippen LogP contribution is -2.17. The van der Waals surface area contributed by atoms with Crippen molar-refractivity contribution in [1.82, 2.24) is 0 Å². The third-order valence-electron chi connectivity index (χ3n) is 3.18. The first-order valence-electron chi connectivity index (χ1n) is 7.14. The van der Waals surface area contributed by atoms with Gasteiger partial charge in [0.05, 0.1) is 6.42 Å². The van der Waals surface area contributed by atoms with Gasteiger partial charge in [0.25, 0.3) is 0 Å². The van der Waals surface area contributed by atoms with Crippen LogP contribution in [0, 0.1) is 0 Å². The standard InChI is InChI=1S/C18H24O2/c1-4-5-6-8-11-15(2)16(3)20-18(19)14-17-12-9-7-10-13-17/h4-5,7,9-13,16H,6,8,14H2,1-3H3/b5-4+,15-11+. The quantitative estimate of drug-likeness (QED) is 0.416. The number of carbonyl (C=O) groups excluding carboxylic acids is 1. The summed E-state index contributed by atoms with van der Waals surface area (Å²) in [5, 5.41) is 0. The van der Waals surface area contributed by atoms with Gasteiger partial charge < -0.3 is 4.74 Å². The van der Waals surface area contributed by atoms with Crippen LogP contribution in [0.4, 0.5) is 0 Å². The van der Waals surface area contributed by atoms with Crippen LogP contribution in [-0.2, 0) is 16.0 Å². The van der Waals surface area contributed by atoms with Crippen LogP contribution in [-0.4, -0.2) is 12.1 Å². The van der Waals surface area contributed by atoms with Crippen LogP contribution >= 0.6 is 0 Å². The maximum atomic E-state index is 11.8. The zero-order valence-corrected chi connectivity index (χ0v) is 12.6. The molecule has 1 rings (SSSR count). The van der Waals surface area contributed by atoms with E-state index in [0.717, 1.165) is 24.0 Å². The van der Waals surface area contributed by atoms with Crippen molar-refractivity contribution in [2.24, 2.45) is 0 Å². The summed E-state index contributed by atoms with van der Waals surface area (Å²) >= 11 is 0. The summed E-state index contributed by atoms with van der Waals surface area (Å²) in [6.07, 6.45) is 8.51. The predicted molar refractivity (Wildman–Crippen MR) is 83.5 cm³/mol. The minimum absolute atomic E-state index is 0.156. The SMILES string of the molecule is C/C=C/CC/C=C(\C)C(C)OC(=O)Cc1ccccc1. The number of hydrogen-bond acceptors (Lipinski definition) is 2. The molecule has 0 saturated carbocycles. The molecular formula is C18H24O2. The molecular weight excluding hydrogens is 248 g/mol. The Morgan fingerprint density at radius 3 is 2.60 bits per heavy atom. The number of hydrogen-bond donors (Lipinski definition) is 0. The highest BCUT2D eigenvalue weighted by Gasteiger charge is 2.11. The van der Waals surface area contributed by atoms with Gasteiger partial charge in [0.15, 0.2) is 0 Å². The topological polar surface area (TPSA) is 26.3 Å². The first-order chi connectivity index (χ1) is 9.63. The lowest BCUT2D eigenvalue weighted by Gasteiger charge is -2.14. The Morgan fingerprint density at radius 1 is 1.25 bits per heavy atom. The molecule has 0 spiro atoms. The maximum Gasteiger partial charge on any atom is 0.310 e. The second kappa shape index (κ2) is 9.13. The number of unbranched alkanes of at least 4 members (excludes halogenated alkanes) is 1. The van der Waals surface area contributed by atoms with E-state index in [2.05, 4.69) is 12.2 Å². The molecule has 108 valence electrons. The molecule has 0 aliphatic rings. The number of ether oxygens (including phenoxy) is 1. The summed E-state index contributed by atoms with van der Waals surface area (Å²) in [4.78, 5) is 11.8. The Morgan fingerprint density at radius 2 is 1.95 bits per heavy atom. The van der Waals surface area contributed by atoms with E-state index in [-0.39, 0.29) is 12.1 Å². The summed E-state index contributed by atoms with van der Waals surface area (Å²) in [5.74, 6) is -0.176. The van der Waals surface area contributed by atoms with Gasteiger partial charge in [0.1, 0.15) is 6.10 Å². The maximum absolute atomic E-state index is 11.8. The van der Waals surface area contributed by atoms with Crippen LogP contribution in [0.2, 0.25) is 0 Å². The van der Waals surface area contributed by atoms with Crippen molar-refractivity contribution in [2.45, 2.75) is 46.1 Å². The molecule has 0 fully saturated rings. The van der Waals surface area contributed by atoms with Crippen LogP contribution in [0.1, 0.15) is 39.2 Å². The summed E-state index contributed by atoms with van der Waals surface area (Å²) in [6.45, 7) is 5.95. The number of rotatable bonds is 7. The van der Waals surface area contributed by atoms with Gasteiger partial charge in [0.2, 0.25) is 0 Å². The monoisotopic (exact) mass is 272 g/mol. The molecule has 0 aliphatic carbocycles. The Kier molecular flexibility index (Phi) is 7.41. The summed E-state index contributed by atoms with van der Waals surface area (Å²) in [5.41, 5.74) is 2.09. The van der Waals surface area contributed by atoms with E-state index in [1.165, 1.54) is 0 Å². The van der Waals surface area contributed by atoms with E-state index in [1.807, 2.05) is 57.2 Å². The van der Waals surface area contributed by atoms with Crippen LogP contribution < -0.4 is 0 Å². The molecule has 0 saturated heterocycles. The van der Waals surface area contributed by atoms with E-state index in [1.54, 1.807) is 0 Å². The van der Waals surface area contributed by atoms with Crippen molar-refractivity contribution >= 4 is 5.97 Å². The molecule has 1 atom stereocenters. The molecule has 0 N–H and O–H groups in total. The van der Waals surface area contributed by atoms with E-state index >= 15 is 0 Å². The van der Waals surface area contributed by atoms with Gasteiger partial charge in [-0.3, -0.25) is 4.79 Å². The highest BCUT2D eigenvalue weighted by Crippen LogP contribution is 2.10. The Bertz CT molecular complexity index is 458. The fourth-order valence-corrected chi connectivity index (χ4v) is 1.83. The Balaban J connectivity index is 2.40. The molecule has 2 heteroatoms. The third kappa shape index (κ3) is 6.37. The summed E-state index contributed by atoms with van der Waals surface area (Å²) in [7, 11) is 0. The van der Waals surface area contributed by atoms with E-state index in [4.69, 9.17) is 4.74 Å². The highest BCUT2D eigenvalue weighted by atomic mass is 16.5. The fraction of sp³-hybridized carbons (Fsp3) is 0.389. The Hall–Kier alpha value is -1.83. The summed E-state index contributed by atoms with van der Waals surface area (Å²) < 4.78 is 5.45. The second-order valence-electron chi connectivity index (χ2n) is 4.89. The fourth-order valence-electron chi connectivity index (χ4n) is 1.83. The van der Waals surface area contributed by atoms with Crippen molar-refractivity contribution < 1.29 is 9.53 Å². The number of benzene rings is 1. The van der Waals surface area contributed by atoms with Crippen molar-refractivity contribution in [3.05, 3.63) is 59.7 Å². The van der Waals surface area contributed by atoms with Gasteiger partial charge in [-0.15, -0.1) is 0 Å². The number of allylic oxidation sites excluding steroid dienone is 3. The third-order valence-corrected chi connectivity index (χ3v) is 3.18. The predicted octanol–water partition coefficient (Wildman–Crippen LogP) is 4.46. The molecule has 0 heterocycles. The van der Waals surface area contributed by atoms with Gasteiger partial charge >= 0.3 is 5.97 Å². The Labute approximate surface area is 122 Å². The average molecular weight is 272 g/mol. The van der Waals surface area contributed by atoms with Crippen molar-refractivity contribution in [1.29, 1.82) is 0 Å². The first-order valence-corrected chi connectivity index (χ1v) is 7.14. The molecule has 0 bridgehead atoms. The van der Waals surface area contributed by atoms with E-state index in [9.17, 15) is 4.79 Å². The zero-order chi connectivity index (χ0) is 14.8. The van der Waals surface area contributed by atoms with Crippen LogP contribution in [0.5, 0.6) is 0 Å². The molecule has 0 radical (unpaired) electrons. The van der Waals surface area contributed by atoms with Crippen molar-refractivity contribution in [2.75, 3.05) is 0 Å². The van der Waals surface area contributed by atoms with Gasteiger partial charge in [-0.05, 0) is 44.7 Å². The molecule has 1 aromatic rings. The lowest BCUT2D eigenvalue weighted by molar-refractivity contribution is -0.145. The van der Waals surface area contributed by atoms with Crippen LogP contribution in [0.25, 0.3) is 0 Å². The lowest BCUT2D eigenvalue weighted by atomic mass is 10.1. The summed E-state index contributed by atoms with van der Waals surface area (Å²) in [6, 6.07) is 9.67. The highest BCUT2D eigenvalue weighted by molar-refractivity contribution is 5.72. The number of esters is 1. The van der Waals surface area contributed by atoms with E-state index in [0.29, 0.717) is 6.42 Å². The molecule has 2 nitrogen and oxygen atoms in total. The van der Waals surface area contributed by atoms with Crippen LogP contribution in [0.3, 0.4) is 0 Å². The van der Waals surface area contributed by atoms with Gasteiger partial charge in [-0.25, -0.2) is 0 Å². The molecule has 0 aromatic heterocycles. The van der Waals surface area contributed by atoms with Gasteiger partial charge in [0, 0.05) is 0 Å². The molecule has 0 aliphatic heterocycles. The largest absolute Gasteiger partial charge is 0.458 e. The molecule has 0 amide bonds. The van der Waals surface area contributed by atoms with E-state index < -0.39 is 0 Å².